The van der Waals surface area contributed by atoms with Crippen molar-refractivity contribution in [3.63, 3.8) is 0 Å². The van der Waals surface area contributed by atoms with Crippen LogP contribution in [0.1, 0.15) is 11.1 Å². The number of benzene rings is 1. The molecule has 9 nitrogen and oxygen atoms in total. The van der Waals surface area contributed by atoms with E-state index in [1.165, 1.54) is 5.56 Å². The van der Waals surface area contributed by atoms with Crippen LogP contribution in [0.25, 0.3) is 56.1 Å². The van der Waals surface area contributed by atoms with E-state index >= 15 is 0 Å². The Hall–Kier alpha value is -5.28. The Kier molecular flexibility index (Phi) is 5.80. The molecule has 0 aliphatic heterocycles. The molecule has 9 heteroatoms. The van der Waals surface area contributed by atoms with Gasteiger partial charge in [0, 0.05) is 55.2 Å². The smallest absolute Gasteiger partial charge is 0.161 e. The van der Waals surface area contributed by atoms with Crippen molar-refractivity contribution in [1.29, 1.82) is 0 Å². The summed E-state index contributed by atoms with van der Waals surface area (Å²) in [5.41, 5.74) is 9.59. The summed E-state index contributed by atoms with van der Waals surface area (Å²) in [4.78, 5) is 26.5. The molecule has 3 N–H and O–H groups in total. The number of hydrogen-bond donors (Lipinski definition) is 3. The van der Waals surface area contributed by atoms with Crippen molar-refractivity contribution in [3.05, 3.63) is 109 Å². The maximum atomic E-state index is 4.96. The molecule has 0 saturated carbocycles. The molecule has 0 aliphatic carbocycles. The number of aromatic amines is 2. The van der Waals surface area contributed by atoms with E-state index in [1.807, 2.05) is 60.9 Å². The second-order valence-corrected chi connectivity index (χ2v) is 9.22. The lowest BCUT2D eigenvalue weighted by atomic mass is 10.1. The van der Waals surface area contributed by atoms with Crippen molar-refractivity contribution in [2.24, 2.45) is 0 Å². The van der Waals surface area contributed by atoms with Gasteiger partial charge in [0.25, 0.3) is 0 Å². The lowest BCUT2D eigenvalue weighted by molar-refractivity contribution is 0.691. The molecular weight excluding hydrogens is 486 g/mol. The van der Waals surface area contributed by atoms with E-state index in [4.69, 9.17) is 9.97 Å². The van der Waals surface area contributed by atoms with Crippen molar-refractivity contribution in [1.82, 2.24) is 45.4 Å². The molecule has 0 atom stereocenters. The largest absolute Gasteiger partial charge is 0.336 e. The maximum absolute atomic E-state index is 4.96. The molecule has 6 heterocycles. The quantitative estimate of drug-likeness (QED) is 0.266. The molecule has 7 rings (SSSR count). The number of rotatable bonds is 7. The summed E-state index contributed by atoms with van der Waals surface area (Å²) in [6.07, 6.45) is 9.01. The molecule has 0 spiro atoms. The molecule has 0 unspecified atom stereocenters. The van der Waals surface area contributed by atoms with Crippen LogP contribution in [0, 0.1) is 0 Å². The van der Waals surface area contributed by atoms with E-state index in [9.17, 15) is 0 Å². The van der Waals surface area contributed by atoms with Crippen LogP contribution in [0.15, 0.2) is 97.7 Å². The highest BCUT2D eigenvalue weighted by Crippen LogP contribution is 2.30. The van der Waals surface area contributed by atoms with Crippen LogP contribution in [0.5, 0.6) is 0 Å². The van der Waals surface area contributed by atoms with Gasteiger partial charge in [-0.05, 0) is 47.5 Å². The summed E-state index contributed by atoms with van der Waals surface area (Å²) in [6.45, 7) is 1.50. The summed E-state index contributed by atoms with van der Waals surface area (Å²) in [5.74, 6) is 0.621. The lowest BCUT2D eigenvalue weighted by Gasteiger charge is -2.07. The Labute approximate surface area is 223 Å². The number of aromatic nitrogens is 8. The topological polar surface area (TPSA) is 121 Å². The second-order valence-electron chi connectivity index (χ2n) is 9.22. The number of nitrogens with one attached hydrogen (secondary N) is 3. The van der Waals surface area contributed by atoms with E-state index in [2.05, 4.69) is 53.6 Å². The lowest BCUT2D eigenvalue weighted by Crippen LogP contribution is -2.12. The molecule has 0 amide bonds. The molecular formula is C30H23N9. The fourth-order valence-electron chi connectivity index (χ4n) is 4.66. The van der Waals surface area contributed by atoms with Crippen LogP contribution < -0.4 is 5.32 Å². The minimum Gasteiger partial charge on any atom is -0.336 e. The summed E-state index contributed by atoms with van der Waals surface area (Å²) < 4.78 is 0. The van der Waals surface area contributed by atoms with Gasteiger partial charge in [-0.25, -0.2) is 9.97 Å². The van der Waals surface area contributed by atoms with Gasteiger partial charge in [-0.1, -0.05) is 30.3 Å². The number of fused-ring (bicyclic) bond motifs is 2. The van der Waals surface area contributed by atoms with E-state index in [-0.39, 0.29) is 0 Å². The molecule has 0 fully saturated rings. The summed E-state index contributed by atoms with van der Waals surface area (Å²) in [5, 5.41) is 11.1. The Balaban J connectivity index is 1.20. The molecule has 0 bridgehead atoms. The van der Waals surface area contributed by atoms with Crippen molar-refractivity contribution in [2.75, 3.05) is 0 Å². The van der Waals surface area contributed by atoms with Gasteiger partial charge in [0.15, 0.2) is 11.5 Å². The van der Waals surface area contributed by atoms with Gasteiger partial charge in [-0.3, -0.25) is 20.1 Å². The Morgan fingerprint density at radius 3 is 2.44 bits per heavy atom. The van der Waals surface area contributed by atoms with Crippen molar-refractivity contribution in [2.45, 2.75) is 13.1 Å². The third-order valence-corrected chi connectivity index (χ3v) is 6.56. The normalized spacial score (nSPS) is 11.4. The van der Waals surface area contributed by atoms with Gasteiger partial charge in [-0.15, -0.1) is 0 Å². The van der Waals surface area contributed by atoms with Crippen LogP contribution in [-0.4, -0.2) is 40.1 Å². The minimum absolute atomic E-state index is 0.621. The first-order valence-corrected chi connectivity index (χ1v) is 12.6. The fourth-order valence-corrected chi connectivity index (χ4v) is 4.66. The zero-order valence-corrected chi connectivity index (χ0v) is 20.8. The van der Waals surface area contributed by atoms with Crippen molar-refractivity contribution in [3.8, 4) is 34.0 Å². The highest BCUT2D eigenvalue weighted by atomic mass is 15.2. The van der Waals surface area contributed by atoms with Crippen LogP contribution in [0.2, 0.25) is 0 Å². The Bertz CT molecular complexity index is 1890. The molecule has 0 saturated heterocycles. The molecule has 7 aromatic rings. The number of pyridine rings is 4. The standard InChI is InChI=1S/C30H23N9/c1-2-5-19(6-3-1)14-32-15-20-13-22(18-33-16-20)23-8-9-25-28(35-23)29(39-38-25)30-36-24-10-12-34-26(27(24)37-30)21-7-4-11-31-17-21/h1-13,16-18,32H,14-15H2,(H,36,37)(H,38,39). The van der Waals surface area contributed by atoms with E-state index in [1.54, 1.807) is 18.6 Å². The number of imidazole rings is 1. The monoisotopic (exact) mass is 509 g/mol. The van der Waals surface area contributed by atoms with Crippen LogP contribution in [0.4, 0.5) is 0 Å². The number of nitrogens with zero attached hydrogens (tertiary/aromatic N) is 6. The highest BCUT2D eigenvalue weighted by molar-refractivity contribution is 5.94. The SMILES string of the molecule is c1ccc(CNCc2cncc(-c3ccc4[nH]nc(-c5nc6c(-c7cccnc7)nccc6[nH]5)c4n3)c2)cc1. The summed E-state index contributed by atoms with van der Waals surface area (Å²) in [7, 11) is 0. The summed E-state index contributed by atoms with van der Waals surface area (Å²) in [6, 6.07) is 22.2. The first-order valence-electron chi connectivity index (χ1n) is 12.6. The predicted octanol–water partition coefficient (Wildman–Crippen LogP) is 5.31. The average Bonchev–Trinajstić information content (AvgIpc) is 3.62. The highest BCUT2D eigenvalue weighted by Gasteiger charge is 2.17. The summed E-state index contributed by atoms with van der Waals surface area (Å²) >= 11 is 0. The molecule has 0 aliphatic rings. The van der Waals surface area contributed by atoms with Crippen LogP contribution in [0.3, 0.4) is 0 Å². The van der Waals surface area contributed by atoms with Gasteiger partial charge < -0.3 is 10.3 Å². The molecule has 0 radical (unpaired) electrons. The molecule has 39 heavy (non-hydrogen) atoms. The third kappa shape index (κ3) is 4.51. The van der Waals surface area contributed by atoms with Gasteiger partial charge in [0.05, 0.1) is 22.4 Å². The minimum atomic E-state index is 0.621. The third-order valence-electron chi connectivity index (χ3n) is 6.56. The zero-order valence-electron chi connectivity index (χ0n) is 20.8. The van der Waals surface area contributed by atoms with Crippen molar-refractivity contribution >= 4 is 22.1 Å². The fraction of sp³-hybridized carbons (Fsp3) is 0.0667. The molecule has 1 aromatic carbocycles. The van der Waals surface area contributed by atoms with Crippen LogP contribution in [-0.2, 0) is 13.1 Å². The van der Waals surface area contributed by atoms with Crippen molar-refractivity contribution < 1.29 is 0 Å². The molecule has 188 valence electrons. The van der Waals surface area contributed by atoms with E-state index < -0.39 is 0 Å². The first kappa shape index (κ1) is 22.9. The zero-order chi connectivity index (χ0) is 26.0. The predicted molar refractivity (Wildman–Crippen MR) is 150 cm³/mol. The first-order chi connectivity index (χ1) is 19.3. The molecule has 6 aromatic heterocycles. The van der Waals surface area contributed by atoms with Crippen LogP contribution >= 0.6 is 0 Å². The average molecular weight is 510 g/mol. The van der Waals surface area contributed by atoms with Gasteiger partial charge in [0.2, 0.25) is 0 Å². The number of hydrogen-bond acceptors (Lipinski definition) is 7. The van der Waals surface area contributed by atoms with Gasteiger partial charge >= 0.3 is 0 Å². The maximum Gasteiger partial charge on any atom is 0.161 e. The number of H-pyrrole nitrogens is 2. The Morgan fingerprint density at radius 1 is 0.667 bits per heavy atom. The van der Waals surface area contributed by atoms with E-state index in [0.717, 1.165) is 56.7 Å². The van der Waals surface area contributed by atoms with Gasteiger partial charge in [0.1, 0.15) is 11.0 Å². The Morgan fingerprint density at radius 2 is 1.54 bits per heavy atom. The van der Waals surface area contributed by atoms with Gasteiger partial charge in [-0.2, -0.15) is 5.10 Å². The van der Waals surface area contributed by atoms with E-state index in [0.29, 0.717) is 18.1 Å². The second kappa shape index (κ2) is 9.88.